The first-order valence-electron chi connectivity index (χ1n) is 12.2. The second-order valence-corrected chi connectivity index (χ2v) is 9.88. The maximum absolute atomic E-state index is 13.5. The summed E-state index contributed by atoms with van der Waals surface area (Å²) in [6.45, 7) is 4.62. The van der Waals surface area contributed by atoms with E-state index in [0.29, 0.717) is 11.7 Å². The van der Waals surface area contributed by atoms with Gasteiger partial charge in [-0.25, -0.2) is 0 Å². The Morgan fingerprint density at radius 1 is 1.08 bits per heavy atom. The summed E-state index contributed by atoms with van der Waals surface area (Å²) in [7, 11) is 0. The number of hydrogen-bond acceptors (Lipinski definition) is 6. The Bertz CT molecular complexity index is 1360. The molecule has 1 aliphatic rings. The molecule has 0 fully saturated rings. The van der Waals surface area contributed by atoms with E-state index in [2.05, 4.69) is 53.3 Å². The number of nitrogens with zero attached hydrogens (tertiary/aromatic N) is 5. The van der Waals surface area contributed by atoms with Crippen molar-refractivity contribution in [3.63, 3.8) is 0 Å². The van der Waals surface area contributed by atoms with Crippen molar-refractivity contribution in [2.75, 3.05) is 5.75 Å². The number of aromatic nitrogens is 4. The predicted molar refractivity (Wildman–Crippen MR) is 141 cm³/mol. The average Bonchev–Trinajstić information content (AvgIpc) is 3.58. The molecule has 0 N–H and O–H groups in total. The maximum atomic E-state index is 13.5. The molecular formula is C28H29N5O2S. The molecule has 7 nitrogen and oxygen atoms in total. The van der Waals surface area contributed by atoms with E-state index in [1.165, 1.54) is 22.9 Å². The number of carbonyl (C=O) groups excluding carboxylic acids is 1. The van der Waals surface area contributed by atoms with Crippen molar-refractivity contribution < 1.29 is 9.21 Å². The van der Waals surface area contributed by atoms with Crippen LogP contribution in [0, 0.1) is 13.8 Å². The maximum Gasteiger partial charge on any atom is 0.237 e. The van der Waals surface area contributed by atoms with Gasteiger partial charge in [0.1, 0.15) is 5.76 Å². The zero-order chi connectivity index (χ0) is 24.9. The first kappa shape index (κ1) is 24.1. The molecule has 0 atom stereocenters. The lowest BCUT2D eigenvalue weighted by atomic mass is 10.0. The van der Waals surface area contributed by atoms with Gasteiger partial charge in [-0.3, -0.25) is 14.3 Å². The molecule has 1 aliphatic carbocycles. The molecule has 0 spiro atoms. The van der Waals surface area contributed by atoms with Crippen LogP contribution in [0.3, 0.4) is 0 Å². The van der Waals surface area contributed by atoms with Gasteiger partial charge in [-0.05, 0) is 87.1 Å². The molecule has 184 valence electrons. The van der Waals surface area contributed by atoms with Gasteiger partial charge < -0.3 is 9.32 Å². The Morgan fingerprint density at radius 3 is 2.67 bits per heavy atom. The number of aryl methyl sites for hydroxylation is 2. The van der Waals surface area contributed by atoms with Crippen molar-refractivity contribution in [1.82, 2.24) is 24.6 Å². The number of furan rings is 1. The summed E-state index contributed by atoms with van der Waals surface area (Å²) in [5.74, 6) is 1.78. The Hall–Kier alpha value is -3.65. The van der Waals surface area contributed by atoms with Crippen molar-refractivity contribution in [3.05, 3.63) is 89.8 Å². The van der Waals surface area contributed by atoms with Crippen molar-refractivity contribution in [2.24, 2.45) is 0 Å². The standard InChI is InChI=1S/C28H29N5O2S/c1-20-10-11-24(17-21(20)2)33-27(22-12-14-29-15-13-22)30-31-28(33)36-19-26(34)32(18-25-9-6-16-35-25)23-7-4-3-5-8-23/h6-7,9-17H,3-5,8,18-19H2,1-2H3. The minimum absolute atomic E-state index is 0.0321. The van der Waals surface area contributed by atoms with Gasteiger partial charge >= 0.3 is 0 Å². The summed E-state index contributed by atoms with van der Waals surface area (Å²) in [5.41, 5.74) is 5.36. The quantitative estimate of drug-likeness (QED) is 0.272. The monoisotopic (exact) mass is 499 g/mol. The molecule has 1 amide bonds. The Labute approximate surface area is 215 Å². The molecule has 4 aromatic rings. The fourth-order valence-corrected chi connectivity index (χ4v) is 5.16. The highest BCUT2D eigenvalue weighted by molar-refractivity contribution is 7.99. The minimum atomic E-state index is 0.0321. The van der Waals surface area contributed by atoms with Crippen LogP contribution in [0.2, 0.25) is 0 Å². The Morgan fingerprint density at radius 2 is 1.94 bits per heavy atom. The van der Waals surface area contributed by atoms with Gasteiger partial charge in [0.15, 0.2) is 11.0 Å². The van der Waals surface area contributed by atoms with E-state index >= 15 is 0 Å². The number of rotatable bonds is 8. The Kier molecular flexibility index (Phi) is 7.32. The average molecular weight is 500 g/mol. The normalized spacial score (nSPS) is 13.4. The lowest BCUT2D eigenvalue weighted by Gasteiger charge is -2.27. The van der Waals surface area contributed by atoms with Crippen molar-refractivity contribution in [2.45, 2.75) is 51.2 Å². The largest absolute Gasteiger partial charge is 0.467 e. The number of allylic oxidation sites excluding steroid dienone is 2. The third-order valence-corrected chi connectivity index (χ3v) is 7.37. The van der Waals surface area contributed by atoms with Crippen LogP contribution in [0.4, 0.5) is 0 Å². The first-order chi connectivity index (χ1) is 17.6. The molecule has 0 saturated heterocycles. The molecule has 8 heteroatoms. The molecular weight excluding hydrogens is 470 g/mol. The minimum Gasteiger partial charge on any atom is -0.467 e. The van der Waals surface area contributed by atoms with Gasteiger partial charge in [0.25, 0.3) is 0 Å². The van der Waals surface area contributed by atoms with E-state index in [-0.39, 0.29) is 11.7 Å². The van der Waals surface area contributed by atoms with Gasteiger partial charge in [-0.1, -0.05) is 23.9 Å². The fraction of sp³-hybridized carbons (Fsp3) is 0.286. The van der Waals surface area contributed by atoms with E-state index in [1.54, 1.807) is 18.7 Å². The molecule has 0 radical (unpaired) electrons. The lowest BCUT2D eigenvalue weighted by molar-refractivity contribution is -0.127. The van der Waals surface area contributed by atoms with Crippen LogP contribution in [-0.4, -0.2) is 36.3 Å². The highest BCUT2D eigenvalue weighted by atomic mass is 32.2. The number of hydrogen-bond donors (Lipinski definition) is 0. The fourth-order valence-electron chi connectivity index (χ4n) is 4.33. The van der Waals surface area contributed by atoms with Gasteiger partial charge in [-0.15, -0.1) is 10.2 Å². The lowest BCUT2D eigenvalue weighted by Crippen LogP contribution is -2.32. The molecule has 5 rings (SSSR count). The van der Waals surface area contributed by atoms with Crippen molar-refractivity contribution in [1.29, 1.82) is 0 Å². The zero-order valence-electron chi connectivity index (χ0n) is 20.6. The highest BCUT2D eigenvalue weighted by Gasteiger charge is 2.23. The van der Waals surface area contributed by atoms with E-state index in [1.807, 2.05) is 33.7 Å². The van der Waals surface area contributed by atoms with Crippen LogP contribution in [0.15, 0.2) is 82.5 Å². The smallest absolute Gasteiger partial charge is 0.237 e. The Balaban J connectivity index is 1.44. The summed E-state index contributed by atoms with van der Waals surface area (Å²) in [5, 5.41) is 9.67. The number of thioether (sulfide) groups is 1. The molecule has 0 aliphatic heterocycles. The third-order valence-electron chi connectivity index (χ3n) is 6.45. The molecule has 3 aromatic heterocycles. The summed E-state index contributed by atoms with van der Waals surface area (Å²) >= 11 is 1.41. The van der Waals surface area contributed by atoms with Crippen LogP contribution in [-0.2, 0) is 11.3 Å². The predicted octanol–water partition coefficient (Wildman–Crippen LogP) is 6.12. The van der Waals surface area contributed by atoms with Gasteiger partial charge in [0.05, 0.1) is 24.2 Å². The summed E-state index contributed by atoms with van der Waals surface area (Å²) < 4.78 is 7.58. The van der Waals surface area contributed by atoms with E-state index in [9.17, 15) is 4.79 Å². The van der Waals surface area contributed by atoms with Crippen LogP contribution < -0.4 is 0 Å². The number of benzene rings is 1. The van der Waals surface area contributed by atoms with Crippen LogP contribution in [0.5, 0.6) is 0 Å². The van der Waals surface area contributed by atoms with E-state index in [0.717, 1.165) is 54.2 Å². The van der Waals surface area contributed by atoms with Gasteiger partial charge in [-0.2, -0.15) is 0 Å². The SMILES string of the molecule is Cc1ccc(-n2c(SCC(=O)N(Cc3ccco3)C3=CCCCC3)nnc2-c2ccncc2)cc1C. The number of carbonyl (C=O) groups is 1. The van der Waals surface area contributed by atoms with Crippen LogP contribution >= 0.6 is 11.8 Å². The summed E-state index contributed by atoms with van der Waals surface area (Å²) in [6, 6.07) is 13.9. The molecule has 0 bridgehead atoms. The third kappa shape index (κ3) is 5.28. The van der Waals surface area contributed by atoms with Crippen LogP contribution in [0.1, 0.15) is 42.6 Å². The second-order valence-electron chi connectivity index (χ2n) is 8.94. The highest BCUT2D eigenvalue weighted by Crippen LogP contribution is 2.30. The van der Waals surface area contributed by atoms with Gasteiger partial charge in [0, 0.05) is 23.7 Å². The number of amides is 1. The summed E-state index contributed by atoms with van der Waals surface area (Å²) in [6.07, 6.45) is 11.5. The first-order valence-corrected chi connectivity index (χ1v) is 13.2. The second kappa shape index (κ2) is 11.0. The topological polar surface area (TPSA) is 77.0 Å². The zero-order valence-corrected chi connectivity index (χ0v) is 21.4. The van der Waals surface area contributed by atoms with E-state index in [4.69, 9.17) is 4.42 Å². The molecule has 0 unspecified atom stereocenters. The van der Waals surface area contributed by atoms with Crippen molar-refractivity contribution in [3.8, 4) is 17.1 Å². The molecule has 1 aromatic carbocycles. The van der Waals surface area contributed by atoms with E-state index < -0.39 is 0 Å². The molecule has 3 heterocycles. The summed E-state index contributed by atoms with van der Waals surface area (Å²) in [4.78, 5) is 19.5. The van der Waals surface area contributed by atoms with Crippen LogP contribution in [0.25, 0.3) is 17.1 Å². The number of pyridine rings is 1. The molecule has 0 saturated carbocycles. The van der Waals surface area contributed by atoms with Crippen molar-refractivity contribution >= 4 is 17.7 Å². The molecule has 36 heavy (non-hydrogen) atoms. The van der Waals surface area contributed by atoms with Gasteiger partial charge in [0.2, 0.25) is 5.91 Å².